The van der Waals surface area contributed by atoms with Crippen LogP contribution in [-0.2, 0) is 17.8 Å². The van der Waals surface area contributed by atoms with Gasteiger partial charge in [-0.05, 0) is 18.8 Å². The number of carbonyl (C=O) groups is 1. The molecule has 0 saturated heterocycles. The van der Waals surface area contributed by atoms with Crippen molar-refractivity contribution in [1.29, 1.82) is 0 Å². The molecule has 0 bridgehead atoms. The second-order valence-corrected chi connectivity index (χ2v) is 4.10. The van der Waals surface area contributed by atoms with Crippen molar-refractivity contribution in [3.8, 4) is 0 Å². The molecule has 1 aromatic rings. The Labute approximate surface area is 88.1 Å². The fraction of sp³-hybridized carbons (Fsp3) is 0.700. The molecule has 5 nitrogen and oxygen atoms in total. The van der Waals surface area contributed by atoms with Crippen LogP contribution in [0.1, 0.15) is 31.4 Å². The predicted molar refractivity (Wildman–Crippen MR) is 53.3 cm³/mol. The van der Waals surface area contributed by atoms with Crippen molar-refractivity contribution in [1.82, 2.24) is 15.0 Å². The van der Waals surface area contributed by atoms with Gasteiger partial charge in [0, 0.05) is 13.0 Å². The molecule has 0 unspecified atom stereocenters. The Hall–Kier alpha value is -1.39. The first-order chi connectivity index (χ1) is 7.25. The van der Waals surface area contributed by atoms with Crippen LogP contribution in [0.25, 0.3) is 0 Å². The van der Waals surface area contributed by atoms with E-state index in [1.54, 1.807) is 6.20 Å². The molecule has 1 heterocycles. The summed E-state index contributed by atoms with van der Waals surface area (Å²) < 4.78 is 1.85. The number of nitrogens with zero attached hydrogens (tertiary/aromatic N) is 3. The summed E-state index contributed by atoms with van der Waals surface area (Å²) in [6.45, 7) is 0.898. The van der Waals surface area contributed by atoms with Gasteiger partial charge in [0.2, 0.25) is 0 Å². The van der Waals surface area contributed by atoms with Gasteiger partial charge < -0.3 is 5.11 Å². The van der Waals surface area contributed by atoms with E-state index in [4.69, 9.17) is 5.11 Å². The van der Waals surface area contributed by atoms with Gasteiger partial charge >= 0.3 is 5.97 Å². The van der Waals surface area contributed by atoms with Crippen molar-refractivity contribution in [2.75, 3.05) is 0 Å². The van der Waals surface area contributed by atoms with Gasteiger partial charge in [-0.3, -0.25) is 4.79 Å². The topological polar surface area (TPSA) is 68.0 Å². The minimum absolute atomic E-state index is 0.151. The summed E-state index contributed by atoms with van der Waals surface area (Å²) in [5.41, 5.74) is 0.935. The fourth-order valence-corrected chi connectivity index (χ4v) is 1.78. The molecule has 0 spiro atoms. The molecular formula is C10H15N3O2. The van der Waals surface area contributed by atoms with Crippen LogP contribution in [0.3, 0.4) is 0 Å². The molecule has 0 radical (unpaired) electrons. The average molecular weight is 209 g/mol. The van der Waals surface area contributed by atoms with E-state index in [1.807, 2.05) is 4.68 Å². The highest BCUT2D eigenvalue weighted by molar-refractivity contribution is 5.66. The normalized spacial score (nSPS) is 16.3. The standard InChI is InChI=1S/C10H15N3O2/c14-10(15)5-4-9-6-11-12-13(9)7-8-2-1-3-8/h6,8H,1-5,7H2,(H,14,15). The highest BCUT2D eigenvalue weighted by atomic mass is 16.4. The largest absolute Gasteiger partial charge is 0.481 e. The third-order valence-corrected chi connectivity index (χ3v) is 2.95. The molecule has 1 aromatic heterocycles. The number of aryl methyl sites for hydroxylation is 1. The minimum atomic E-state index is -0.772. The monoisotopic (exact) mass is 209 g/mol. The molecule has 0 amide bonds. The highest BCUT2D eigenvalue weighted by Gasteiger charge is 2.19. The molecular weight excluding hydrogens is 194 g/mol. The van der Waals surface area contributed by atoms with Gasteiger partial charge in [-0.25, -0.2) is 4.68 Å². The van der Waals surface area contributed by atoms with Gasteiger partial charge in [0.05, 0.1) is 18.3 Å². The highest BCUT2D eigenvalue weighted by Crippen LogP contribution is 2.27. The molecule has 15 heavy (non-hydrogen) atoms. The molecule has 2 rings (SSSR count). The lowest BCUT2D eigenvalue weighted by Gasteiger charge is -2.25. The molecule has 1 N–H and O–H groups in total. The van der Waals surface area contributed by atoms with Crippen molar-refractivity contribution in [2.45, 2.75) is 38.6 Å². The first-order valence-corrected chi connectivity index (χ1v) is 5.35. The lowest BCUT2D eigenvalue weighted by Crippen LogP contribution is -2.20. The Morgan fingerprint density at radius 1 is 1.60 bits per heavy atom. The van der Waals surface area contributed by atoms with E-state index < -0.39 is 5.97 Å². The van der Waals surface area contributed by atoms with Crippen LogP contribution in [0.5, 0.6) is 0 Å². The molecule has 1 aliphatic carbocycles. The number of aliphatic carboxylic acids is 1. The smallest absolute Gasteiger partial charge is 0.303 e. The second kappa shape index (κ2) is 4.42. The van der Waals surface area contributed by atoms with Crippen molar-refractivity contribution in [3.05, 3.63) is 11.9 Å². The van der Waals surface area contributed by atoms with Gasteiger partial charge in [-0.2, -0.15) is 0 Å². The summed E-state index contributed by atoms with van der Waals surface area (Å²) in [6, 6.07) is 0. The first kappa shape index (κ1) is 10.1. The summed E-state index contributed by atoms with van der Waals surface area (Å²) in [7, 11) is 0. The van der Waals surface area contributed by atoms with Crippen LogP contribution in [0.2, 0.25) is 0 Å². The fourth-order valence-electron chi connectivity index (χ4n) is 1.78. The van der Waals surface area contributed by atoms with E-state index in [2.05, 4.69) is 10.3 Å². The van der Waals surface area contributed by atoms with Crippen LogP contribution in [-0.4, -0.2) is 26.1 Å². The lowest BCUT2D eigenvalue weighted by molar-refractivity contribution is -0.136. The molecule has 1 fully saturated rings. The summed E-state index contributed by atoms with van der Waals surface area (Å²) in [4.78, 5) is 10.4. The molecule has 0 aliphatic heterocycles. The van der Waals surface area contributed by atoms with Gasteiger partial charge in [0.1, 0.15) is 0 Å². The molecule has 0 aromatic carbocycles. The van der Waals surface area contributed by atoms with Crippen LogP contribution in [0.4, 0.5) is 0 Å². The zero-order chi connectivity index (χ0) is 10.7. The third-order valence-electron chi connectivity index (χ3n) is 2.95. The zero-order valence-electron chi connectivity index (χ0n) is 8.59. The molecule has 1 saturated carbocycles. The SMILES string of the molecule is O=C(O)CCc1cnnn1CC1CCC1. The number of hydrogen-bond acceptors (Lipinski definition) is 3. The Balaban J connectivity index is 1.91. The van der Waals surface area contributed by atoms with E-state index in [1.165, 1.54) is 19.3 Å². The summed E-state index contributed by atoms with van der Waals surface area (Å²) >= 11 is 0. The van der Waals surface area contributed by atoms with E-state index in [0.29, 0.717) is 6.42 Å². The van der Waals surface area contributed by atoms with Gasteiger partial charge in [0.15, 0.2) is 0 Å². The van der Waals surface area contributed by atoms with Crippen molar-refractivity contribution >= 4 is 5.97 Å². The van der Waals surface area contributed by atoms with Crippen LogP contribution in [0, 0.1) is 5.92 Å². The lowest BCUT2D eigenvalue weighted by atomic mass is 9.85. The van der Waals surface area contributed by atoms with Crippen LogP contribution in [0.15, 0.2) is 6.20 Å². The first-order valence-electron chi connectivity index (χ1n) is 5.35. The number of aromatic nitrogens is 3. The number of hydrogen-bond donors (Lipinski definition) is 1. The maximum absolute atomic E-state index is 10.4. The summed E-state index contributed by atoms with van der Waals surface area (Å²) in [6.07, 6.45) is 6.18. The maximum atomic E-state index is 10.4. The van der Waals surface area contributed by atoms with Gasteiger partial charge in [-0.15, -0.1) is 5.10 Å². The predicted octanol–water partition coefficient (Wildman–Crippen LogP) is 1.10. The minimum Gasteiger partial charge on any atom is -0.481 e. The molecule has 1 aliphatic rings. The van der Waals surface area contributed by atoms with E-state index in [0.717, 1.165) is 18.2 Å². The molecule has 0 atom stereocenters. The Morgan fingerprint density at radius 3 is 3.00 bits per heavy atom. The molecule has 5 heteroatoms. The quantitative estimate of drug-likeness (QED) is 0.788. The Kier molecular flexibility index (Phi) is 2.99. The third kappa shape index (κ3) is 2.55. The van der Waals surface area contributed by atoms with Gasteiger partial charge in [0.25, 0.3) is 0 Å². The van der Waals surface area contributed by atoms with E-state index >= 15 is 0 Å². The average Bonchev–Trinajstić information content (AvgIpc) is 2.55. The number of carboxylic acid groups (broad SMARTS) is 1. The second-order valence-electron chi connectivity index (χ2n) is 4.10. The van der Waals surface area contributed by atoms with Gasteiger partial charge in [-0.1, -0.05) is 11.6 Å². The van der Waals surface area contributed by atoms with Crippen molar-refractivity contribution < 1.29 is 9.90 Å². The maximum Gasteiger partial charge on any atom is 0.303 e. The summed E-state index contributed by atoms with van der Waals surface area (Å²) in [5.74, 6) is -0.0540. The van der Waals surface area contributed by atoms with E-state index in [-0.39, 0.29) is 6.42 Å². The zero-order valence-corrected chi connectivity index (χ0v) is 8.59. The van der Waals surface area contributed by atoms with E-state index in [9.17, 15) is 4.79 Å². The Morgan fingerprint density at radius 2 is 2.40 bits per heavy atom. The Bertz CT molecular complexity index is 344. The summed E-state index contributed by atoms with van der Waals surface area (Å²) in [5, 5.41) is 16.4. The number of carboxylic acids is 1. The van der Waals surface area contributed by atoms with Crippen LogP contribution >= 0.6 is 0 Å². The molecule has 82 valence electrons. The van der Waals surface area contributed by atoms with Crippen molar-refractivity contribution in [2.24, 2.45) is 5.92 Å². The van der Waals surface area contributed by atoms with Crippen LogP contribution < -0.4 is 0 Å². The van der Waals surface area contributed by atoms with Crippen molar-refractivity contribution in [3.63, 3.8) is 0 Å². The number of rotatable bonds is 5.